The van der Waals surface area contributed by atoms with Crippen molar-refractivity contribution in [3.8, 4) is 0 Å². The molecule has 0 atom stereocenters. The summed E-state index contributed by atoms with van der Waals surface area (Å²) in [7, 11) is 0. The van der Waals surface area contributed by atoms with Gasteiger partial charge in [-0.15, -0.1) is 0 Å². The molecular formula is C10H10BrClN2S. The van der Waals surface area contributed by atoms with Crippen LogP contribution in [-0.2, 0) is 6.54 Å². The van der Waals surface area contributed by atoms with E-state index < -0.39 is 0 Å². The minimum atomic E-state index is 0.726. The second-order valence-electron chi connectivity index (χ2n) is 3.10. The Bertz CT molecular complexity index is 395. The maximum Gasteiger partial charge on any atom is 0.156 e. The van der Waals surface area contributed by atoms with E-state index >= 15 is 0 Å². The molecule has 0 fully saturated rings. The van der Waals surface area contributed by atoms with Crippen LogP contribution in [0.15, 0.2) is 27.7 Å². The highest BCUT2D eigenvalue weighted by Crippen LogP contribution is 2.26. The van der Waals surface area contributed by atoms with Gasteiger partial charge in [-0.25, -0.2) is 0 Å². The SMILES string of the molecule is Clc1c(Br)cccc1CNC1=NCCS1. The standard InChI is InChI=1S/C10H10BrClN2S/c11-8-3-1-2-7(9(8)12)6-14-10-13-4-5-15-10/h1-3H,4-6H2,(H,13,14). The lowest BCUT2D eigenvalue weighted by molar-refractivity contribution is 0.922. The van der Waals surface area contributed by atoms with E-state index in [-0.39, 0.29) is 0 Å². The van der Waals surface area contributed by atoms with Crippen molar-refractivity contribution >= 4 is 44.5 Å². The number of thioether (sulfide) groups is 1. The average Bonchev–Trinajstić information content (AvgIpc) is 2.73. The van der Waals surface area contributed by atoms with Gasteiger partial charge in [0.05, 0.1) is 11.6 Å². The molecular weight excluding hydrogens is 296 g/mol. The van der Waals surface area contributed by atoms with Crippen molar-refractivity contribution in [3.05, 3.63) is 33.3 Å². The van der Waals surface area contributed by atoms with Crippen LogP contribution < -0.4 is 5.32 Å². The number of benzene rings is 1. The summed E-state index contributed by atoms with van der Waals surface area (Å²) in [6.45, 7) is 1.64. The zero-order valence-electron chi connectivity index (χ0n) is 7.96. The number of halogens is 2. The van der Waals surface area contributed by atoms with Crippen molar-refractivity contribution in [1.82, 2.24) is 5.32 Å². The Morgan fingerprint density at radius 2 is 2.40 bits per heavy atom. The summed E-state index contributed by atoms with van der Waals surface area (Å²) in [5, 5.41) is 5.06. The first kappa shape index (κ1) is 11.3. The van der Waals surface area contributed by atoms with Gasteiger partial charge >= 0.3 is 0 Å². The molecule has 0 saturated heterocycles. The molecule has 0 aromatic heterocycles. The molecule has 1 aromatic carbocycles. The Hall–Kier alpha value is -0.190. The van der Waals surface area contributed by atoms with Gasteiger partial charge in [0.2, 0.25) is 0 Å². The number of nitrogens with zero attached hydrogens (tertiary/aromatic N) is 1. The zero-order valence-corrected chi connectivity index (χ0v) is 11.1. The normalized spacial score (nSPS) is 15.2. The lowest BCUT2D eigenvalue weighted by Crippen LogP contribution is -2.18. The first-order chi connectivity index (χ1) is 7.27. The number of aliphatic imine (C=N–C) groups is 1. The summed E-state index contributed by atoms with van der Waals surface area (Å²) in [5.74, 6) is 1.08. The summed E-state index contributed by atoms with van der Waals surface area (Å²) < 4.78 is 0.935. The second-order valence-corrected chi connectivity index (χ2v) is 5.42. The lowest BCUT2D eigenvalue weighted by atomic mass is 10.2. The number of hydrogen-bond donors (Lipinski definition) is 1. The van der Waals surface area contributed by atoms with Gasteiger partial charge in [0, 0.05) is 16.8 Å². The van der Waals surface area contributed by atoms with Crippen molar-refractivity contribution in [1.29, 1.82) is 0 Å². The average molecular weight is 306 g/mol. The molecule has 1 heterocycles. The van der Waals surface area contributed by atoms with Crippen molar-refractivity contribution in [3.63, 3.8) is 0 Å². The van der Waals surface area contributed by atoms with E-state index in [1.54, 1.807) is 11.8 Å². The Morgan fingerprint density at radius 3 is 3.13 bits per heavy atom. The lowest BCUT2D eigenvalue weighted by Gasteiger charge is -2.07. The van der Waals surface area contributed by atoms with E-state index in [1.807, 2.05) is 18.2 Å². The van der Waals surface area contributed by atoms with Gasteiger partial charge in [-0.3, -0.25) is 4.99 Å². The van der Waals surface area contributed by atoms with Crippen LogP contribution in [0.1, 0.15) is 5.56 Å². The van der Waals surface area contributed by atoms with E-state index in [4.69, 9.17) is 11.6 Å². The minimum absolute atomic E-state index is 0.726. The topological polar surface area (TPSA) is 24.4 Å². The molecule has 0 amide bonds. The predicted octanol–water partition coefficient (Wildman–Crippen LogP) is 3.29. The van der Waals surface area contributed by atoms with Crippen molar-refractivity contribution in [2.24, 2.45) is 4.99 Å². The maximum absolute atomic E-state index is 6.15. The first-order valence-corrected chi connectivity index (χ1v) is 6.77. The Labute approximate surface area is 107 Å². The highest BCUT2D eigenvalue weighted by atomic mass is 79.9. The van der Waals surface area contributed by atoms with Gasteiger partial charge in [0.15, 0.2) is 5.17 Å². The van der Waals surface area contributed by atoms with Crippen LogP contribution in [0.25, 0.3) is 0 Å². The first-order valence-electron chi connectivity index (χ1n) is 4.61. The predicted molar refractivity (Wildman–Crippen MR) is 70.8 cm³/mol. The Morgan fingerprint density at radius 1 is 1.53 bits per heavy atom. The third-order valence-electron chi connectivity index (χ3n) is 2.05. The number of hydrogen-bond acceptors (Lipinski definition) is 3. The Kier molecular flexibility index (Phi) is 3.94. The molecule has 0 aliphatic carbocycles. The molecule has 2 nitrogen and oxygen atoms in total. The van der Waals surface area contributed by atoms with Gasteiger partial charge in [-0.1, -0.05) is 35.5 Å². The monoisotopic (exact) mass is 304 g/mol. The molecule has 2 rings (SSSR count). The molecule has 1 N–H and O–H groups in total. The number of nitrogens with one attached hydrogen (secondary N) is 1. The van der Waals surface area contributed by atoms with Crippen molar-refractivity contribution in [2.75, 3.05) is 12.3 Å². The molecule has 0 bridgehead atoms. The Balaban J connectivity index is 2.01. The van der Waals surface area contributed by atoms with E-state index in [2.05, 4.69) is 26.2 Å². The molecule has 80 valence electrons. The van der Waals surface area contributed by atoms with Gasteiger partial charge in [0.25, 0.3) is 0 Å². The van der Waals surface area contributed by atoms with Gasteiger partial charge < -0.3 is 5.32 Å². The summed E-state index contributed by atoms with van der Waals surface area (Å²) in [6, 6.07) is 5.94. The molecule has 0 saturated carbocycles. The van der Waals surface area contributed by atoms with Crippen LogP contribution in [0.3, 0.4) is 0 Å². The fourth-order valence-electron chi connectivity index (χ4n) is 1.30. The number of rotatable bonds is 2. The van der Waals surface area contributed by atoms with Crippen LogP contribution in [-0.4, -0.2) is 17.5 Å². The van der Waals surface area contributed by atoms with Crippen LogP contribution >= 0.6 is 39.3 Å². The van der Waals surface area contributed by atoms with E-state index in [9.17, 15) is 0 Å². The van der Waals surface area contributed by atoms with Crippen LogP contribution in [0.4, 0.5) is 0 Å². The van der Waals surface area contributed by atoms with Crippen LogP contribution in [0.5, 0.6) is 0 Å². The third-order valence-corrected chi connectivity index (χ3v) is 4.32. The smallest absolute Gasteiger partial charge is 0.156 e. The molecule has 1 aliphatic rings. The van der Waals surface area contributed by atoms with Crippen LogP contribution in [0.2, 0.25) is 5.02 Å². The molecule has 5 heteroatoms. The minimum Gasteiger partial charge on any atom is -0.361 e. The molecule has 1 aliphatic heterocycles. The van der Waals surface area contributed by atoms with E-state index in [1.165, 1.54) is 0 Å². The molecule has 0 radical (unpaired) electrons. The van der Waals surface area contributed by atoms with E-state index in [0.29, 0.717) is 0 Å². The number of amidine groups is 1. The largest absolute Gasteiger partial charge is 0.361 e. The van der Waals surface area contributed by atoms with Gasteiger partial charge in [-0.2, -0.15) is 0 Å². The molecule has 15 heavy (non-hydrogen) atoms. The zero-order chi connectivity index (χ0) is 10.7. The summed E-state index contributed by atoms with van der Waals surface area (Å²) in [6.07, 6.45) is 0. The molecule has 0 spiro atoms. The maximum atomic E-state index is 6.15. The highest BCUT2D eigenvalue weighted by Gasteiger charge is 2.08. The second kappa shape index (κ2) is 5.23. The summed E-state index contributed by atoms with van der Waals surface area (Å²) >= 11 is 11.3. The molecule has 0 unspecified atom stereocenters. The third kappa shape index (κ3) is 2.89. The van der Waals surface area contributed by atoms with Gasteiger partial charge in [0.1, 0.15) is 0 Å². The highest BCUT2D eigenvalue weighted by molar-refractivity contribution is 9.10. The fourth-order valence-corrected chi connectivity index (χ4v) is 2.63. The van der Waals surface area contributed by atoms with Crippen molar-refractivity contribution < 1.29 is 0 Å². The summed E-state index contributed by atoms with van der Waals surface area (Å²) in [4.78, 5) is 4.32. The fraction of sp³-hybridized carbons (Fsp3) is 0.300. The van der Waals surface area contributed by atoms with E-state index in [0.717, 1.165) is 39.1 Å². The van der Waals surface area contributed by atoms with Crippen molar-refractivity contribution in [2.45, 2.75) is 6.54 Å². The molecule has 1 aromatic rings. The quantitative estimate of drug-likeness (QED) is 0.906. The van der Waals surface area contributed by atoms with Crippen LogP contribution in [0, 0.1) is 0 Å². The summed E-state index contributed by atoms with van der Waals surface area (Å²) in [5.41, 5.74) is 1.08. The van der Waals surface area contributed by atoms with Gasteiger partial charge in [-0.05, 0) is 27.6 Å².